The van der Waals surface area contributed by atoms with E-state index in [4.69, 9.17) is 21.7 Å². The number of halogens is 2. The van der Waals surface area contributed by atoms with Crippen LogP contribution in [-0.2, 0) is 22.6 Å². The van der Waals surface area contributed by atoms with E-state index in [1.165, 1.54) is 0 Å². The molecule has 7 heteroatoms. The predicted molar refractivity (Wildman–Crippen MR) is 100 cm³/mol. The lowest BCUT2D eigenvalue weighted by atomic mass is 10.2. The van der Waals surface area contributed by atoms with Crippen LogP contribution in [0.25, 0.3) is 11.0 Å². The minimum absolute atomic E-state index is 0. The number of hydrogen-bond donors (Lipinski definition) is 1. The van der Waals surface area contributed by atoms with E-state index in [9.17, 15) is 4.79 Å². The number of hydrogen-bond acceptors (Lipinski definition) is 3. The summed E-state index contributed by atoms with van der Waals surface area (Å²) >= 11 is 6.25. The van der Waals surface area contributed by atoms with Gasteiger partial charge in [-0.15, -0.1) is 12.4 Å². The van der Waals surface area contributed by atoms with Crippen molar-refractivity contribution in [1.82, 2.24) is 9.13 Å². The molecule has 25 heavy (non-hydrogen) atoms. The van der Waals surface area contributed by atoms with Crippen molar-refractivity contribution < 1.29 is 9.53 Å². The van der Waals surface area contributed by atoms with E-state index < -0.39 is 0 Å². The molecule has 132 valence electrons. The SMILES string of the molecule is CCOC(=O)Cn1c(=N)n(Cc2ccccc2Cl)c2ccccc21.Cl. The molecule has 1 heterocycles. The van der Waals surface area contributed by atoms with Crippen LogP contribution in [0.1, 0.15) is 12.5 Å². The average Bonchev–Trinajstić information content (AvgIpc) is 2.83. The molecule has 0 fully saturated rings. The number of carbonyl (C=O) groups excluding carboxylic acids is 1. The Labute approximate surface area is 156 Å². The van der Waals surface area contributed by atoms with E-state index >= 15 is 0 Å². The molecule has 0 saturated carbocycles. The number of imidazole rings is 1. The molecule has 0 aliphatic rings. The molecule has 3 rings (SSSR count). The summed E-state index contributed by atoms with van der Waals surface area (Å²) < 4.78 is 8.52. The second kappa shape index (κ2) is 8.23. The molecule has 0 atom stereocenters. The molecule has 3 aromatic rings. The molecule has 1 N–H and O–H groups in total. The summed E-state index contributed by atoms with van der Waals surface area (Å²) in [6.45, 7) is 2.58. The number of fused-ring (bicyclic) bond motifs is 1. The van der Waals surface area contributed by atoms with Crippen LogP contribution in [0.15, 0.2) is 48.5 Å². The number of benzene rings is 2. The summed E-state index contributed by atoms with van der Waals surface area (Å²) in [5, 5.41) is 9.15. The summed E-state index contributed by atoms with van der Waals surface area (Å²) in [5.41, 5.74) is 2.87. The second-order valence-electron chi connectivity index (χ2n) is 5.38. The van der Waals surface area contributed by atoms with Crippen molar-refractivity contribution in [2.45, 2.75) is 20.0 Å². The molecule has 5 nitrogen and oxygen atoms in total. The van der Waals surface area contributed by atoms with Crippen LogP contribution >= 0.6 is 24.0 Å². The van der Waals surface area contributed by atoms with Crippen molar-refractivity contribution in [2.75, 3.05) is 6.61 Å². The molecule has 1 aromatic heterocycles. The first-order valence-corrected chi connectivity index (χ1v) is 8.11. The van der Waals surface area contributed by atoms with E-state index in [-0.39, 0.29) is 30.5 Å². The normalized spacial score (nSPS) is 10.5. The van der Waals surface area contributed by atoms with Gasteiger partial charge in [-0.25, -0.2) is 0 Å². The number of nitrogens with zero attached hydrogens (tertiary/aromatic N) is 2. The predicted octanol–water partition coefficient (Wildman–Crippen LogP) is 3.61. The highest BCUT2D eigenvalue weighted by molar-refractivity contribution is 6.31. The highest BCUT2D eigenvalue weighted by Gasteiger charge is 2.14. The van der Waals surface area contributed by atoms with Gasteiger partial charge in [-0.3, -0.25) is 14.8 Å². The fraction of sp³-hybridized carbons (Fsp3) is 0.222. The molecule has 0 spiro atoms. The van der Waals surface area contributed by atoms with Crippen LogP contribution in [-0.4, -0.2) is 21.7 Å². The van der Waals surface area contributed by atoms with Gasteiger partial charge in [-0.05, 0) is 30.7 Å². The number of ether oxygens (including phenoxy) is 1. The van der Waals surface area contributed by atoms with Crippen LogP contribution in [0.4, 0.5) is 0 Å². The summed E-state index contributed by atoms with van der Waals surface area (Å²) in [5.74, 6) is -0.350. The lowest BCUT2D eigenvalue weighted by molar-refractivity contribution is -0.143. The van der Waals surface area contributed by atoms with E-state index in [1.54, 1.807) is 11.5 Å². The second-order valence-corrected chi connectivity index (χ2v) is 5.79. The maximum Gasteiger partial charge on any atom is 0.326 e. The lowest BCUT2D eigenvalue weighted by Crippen LogP contribution is -2.28. The molecule has 2 aromatic carbocycles. The third kappa shape index (κ3) is 3.89. The molecular weight excluding hydrogens is 361 g/mol. The molecule has 0 aliphatic carbocycles. The van der Waals surface area contributed by atoms with Crippen LogP contribution in [0.2, 0.25) is 5.02 Å². The van der Waals surface area contributed by atoms with Crippen molar-refractivity contribution in [2.24, 2.45) is 0 Å². The quantitative estimate of drug-likeness (QED) is 0.688. The number of esters is 1. The number of aromatic nitrogens is 2. The first kappa shape index (κ1) is 19.1. The Hall–Kier alpha value is -2.24. The zero-order valence-corrected chi connectivity index (χ0v) is 15.3. The van der Waals surface area contributed by atoms with Gasteiger partial charge in [0.15, 0.2) is 0 Å². The van der Waals surface area contributed by atoms with Gasteiger partial charge in [0.2, 0.25) is 5.62 Å². The van der Waals surface area contributed by atoms with Crippen LogP contribution in [0, 0.1) is 5.41 Å². The van der Waals surface area contributed by atoms with Gasteiger partial charge in [0.1, 0.15) is 6.54 Å². The number of nitrogens with one attached hydrogen (secondary N) is 1. The van der Waals surface area contributed by atoms with Gasteiger partial charge in [-0.2, -0.15) is 0 Å². The Balaban J connectivity index is 0.00000225. The van der Waals surface area contributed by atoms with E-state index in [1.807, 2.05) is 53.1 Å². The Morgan fingerprint density at radius 3 is 2.32 bits per heavy atom. The third-order valence-electron chi connectivity index (χ3n) is 3.85. The molecule has 0 radical (unpaired) electrons. The zero-order valence-electron chi connectivity index (χ0n) is 13.7. The lowest BCUT2D eigenvalue weighted by Gasteiger charge is -2.07. The maximum atomic E-state index is 11.9. The molecule has 0 unspecified atom stereocenters. The van der Waals surface area contributed by atoms with Crippen LogP contribution in [0.5, 0.6) is 0 Å². The molecule has 0 saturated heterocycles. The minimum atomic E-state index is -0.350. The van der Waals surface area contributed by atoms with Crippen molar-refractivity contribution in [3.05, 3.63) is 64.7 Å². The number of rotatable bonds is 5. The van der Waals surface area contributed by atoms with Gasteiger partial charge in [0.05, 0.1) is 24.2 Å². The summed E-state index contributed by atoms with van der Waals surface area (Å²) in [6, 6.07) is 15.2. The third-order valence-corrected chi connectivity index (χ3v) is 4.22. The Morgan fingerprint density at radius 1 is 1.08 bits per heavy atom. The van der Waals surface area contributed by atoms with Gasteiger partial charge in [0, 0.05) is 5.02 Å². The topological polar surface area (TPSA) is 60.0 Å². The first-order chi connectivity index (χ1) is 11.6. The Bertz CT molecular complexity index is 947. The largest absolute Gasteiger partial charge is 0.465 e. The Kier molecular flexibility index (Phi) is 6.28. The van der Waals surface area contributed by atoms with Gasteiger partial charge >= 0.3 is 5.97 Å². The van der Waals surface area contributed by atoms with Crippen molar-refractivity contribution in [3.8, 4) is 0 Å². The number of carbonyl (C=O) groups is 1. The van der Waals surface area contributed by atoms with Crippen molar-refractivity contribution in [1.29, 1.82) is 5.41 Å². The fourth-order valence-corrected chi connectivity index (χ4v) is 2.94. The monoisotopic (exact) mass is 379 g/mol. The van der Waals surface area contributed by atoms with Gasteiger partial charge < -0.3 is 9.30 Å². The Morgan fingerprint density at radius 2 is 1.68 bits per heavy atom. The van der Waals surface area contributed by atoms with E-state index in [0.717, 1.165) is 16.6 Å². The first-order valence-electron chi connectivity index (χ1n) is 7.73. The standard InChI is InChI=1S/C18H18ClN3O2.ClH/c1-2-24-17(23)12-22-16-10-6-5-9-15(16)21(18(22)20)11-13-7-3-4-8-14(13)19;/h3-10,20H,2,11-12H2,1H3;1H. The fourth-order valence-electron chi connectivity index (χ4n) is 2.75. The van der Waals surface area contributed by atoms with Gasteiger partial charge in [0.25, 0.3) is 0 Å². The number of para-hydroxylation sites is 2. The summed E-state index contributed by atoms with van der Waals surface area (Å²) in [7, 11) is 0. The van der Waals surface area contributed by atoms with Crippen LogP contribution < -0.4 is 5.62 Å². The maximum absolute atomic E-state index is 11.9. The smallest absolute Gasteiger partial charge is 0.326 e. The van der Waals surface area contributed by atoms with E-state index in [2.05, 4.69) is 0 Å². The molecule has 0 amide bonds. The van der Waals surface area contributed by atoms with Crippen LogP contribution in [0.3, 0.4) is 0 Å². The summed E-state index contributed by atoms with van der Waals surface area (Å²) in [4.78, 5) is 11.9. The summed E-state index contributed by atoms with van der Waals surface area (Å²) in [6.07, 6.45) is 0. The molecule has 0 bridgehead atoms. The highest BCUT2D eigenvalue weighted by Crippen LogP contribution is 2.19. The van der Waals surface area contributed by atoms with Gasteiger partial charge in [-0.1, -0.05) is 41.9 Å². The zero-order chi connectivity index (χ0) is 17.1. The van der Waals surface area contributed by atoms with E-state index in [0.29, 0.717) is 18.2 Å². The average molecular weight is 380 g/mol. The minimum Gasteiger partial charge on any atom is -0.465 e. The van der Waals surface area contributed by atoms with Crippen molar-refractivity contribution >= 4 is 41.0 Å². The highest BCUT2D eigenvalue weighted by atomic mass is 35.5. The van der Waals surface area contributed by atoms with Crippen molar-refractivity contribution in [3.63, 3.8) is 0 Å². The molecule has 0 aliphatic heterocycles. The molecular formula is C18H19Cl2N3O2.